The molecule has 2 aromatic carbocycles. The van der Waals surface area contributed by atoms with E-state index in [2.05, 4.69) is 10.3 Å². The average Bonchev–Trinajstić information content (AvgIpc) is 2.81. The maximum Gasteiger partial charge on any atom is 0.256 e. The number of hydrogen-bond donors (Lipinski definition) is 1. The summed E-state index contributed by atoms with van der Waals surface area (Å²) in [6.45, 7) is 2.07. The zero-order valence-electron chi connectivity index (χ0n) is 17.3. The second-order valence-corrected chi connectivity index (χ2v) is 7.52. The van der Waals surface area contributed by atoms with Gasteiger partial charge in [-0.3, -0.25) is 9.59 Å². The van der Waals surface area contributed by atoms with E-state index in [1.807, 2.05) is 11.0 Å². The lowest BCUT2D eigenvalue weighted by Crippen LogP contribution is -2.49. The molecule has 0 radical (unpaired) electrons. The van der Waals surface area contributed by atoms with Crippen LogP contribution in [-0.4, -0.2) is 47.9 Å². The van der Waals surface area contributed by atoms with E-state index >= 15 is 0 Å². The molecule has 32 heavy (non-hydrogen) atoms. The minimum atomic E-state index is -0.515. The first-order valence-corrected chi connectivity index (χ1v) is 10.3. The van der Waals surface area contributed by atoms with Crippen LogP contribution in [0.15, 0.2) is 66.9 Å². The Kier molecular flexibility index (Phi) is 6.39. The highest BCUT2D eigenvalue weighted by Gasteiger charge is 2.24. The predicted molar refractivity (Wildman–Crippen MR) is 117 cm³/mol. The lowest BCUT2D eigenvalue weighted by molar-refractivity contribution is -0.115. The fourth-order valence-corrected chi connectivity index (χ4v) is 3.58. The number of hydrogen-bond acceptors (Lipinski definition) is 4. The number of rotatable bonds is 5. The summed E-state index contributed by atoms with van der Waals surface area (Å²) >= 11 is 0. The van der Waals surface area contributed by atoms with Gasteiger partial charge in [0.15, 0.2) is 0 Å². The lowest BCUT2D eigenvalue weighted by Gasteiger charge is -2.35. The number of nitrogens with one attached hydrogen (secondary N) is 1. The lowest BCUT2D eigenvalue weighted by atomic mass is 10.1. The minimum absolute atomic E-state index is 0.0832. The highest BCUT2D eigenvalue weighted by molar-refractivity contribution is 5.94. The molecular weight excluding hydrogens is 414 g/mol. The van der Waals surface area contributed by atoms with E-state index in [4.69, 9.17) is 0 Å². The maximum atomic E-state index is 13.9. The number of pyridine rings is 1. The van der Waals surface area contributed by atoms with Crippen LogP contribution >= 0.6 is 0 Å². The first kappa shape index (κ1) is 21.4. The van der Waals surface area contributed by atoms with Gasteiger partial charge in [-0.25, -0.2) is 13.8 Å². The molecule has 0 spiro atoms. The quantitative estimate of drug-likeness (QED) is 0.665. The molecule has 1 fully saturated rings. The third-order valence-electron chi connectivity index (χ3n) is 5.30. The van der Waals surface area contributed by atoms with Crippen LogP contribution in [0, 0.1) is 11.6 Å². The van der Waals surface area contributed by atoms with E-state index in [0.29, 0.717) is 31.9 Å². The maximum absolute atomic E-state index is 13.9. The molecule has 0 unspecified atom stereocenters. The van der Waals surface area contributed by atoms with Crippen molar-refractivity contribution in [2.24, 2.45) is 0 Å². The van der Waals surface area contributed by atoms with Crippen LogP contribution in [0.5, 0.6) is 0 Å². The molecule has 1 saturated heterocycles. The van der Waals surface area contributed by atoms with Crippen molar-refractivity contribution in [1.29, 1.82) is 0 Å². The third kappa shape index (κ3) is 5.08. The van der Waals surface area contributed by atoms with E-state index in [1.165, 1.54) is 24.3 Å². The molecule has 6 nitrogen and oxygen atoms in total. The molecule has 2 amide bonds. The Morgan fingerprint density at radius 2 is 1.62 bits per heavy atom. The molecule has 4 rings (SSSR count). The van der Waals surface area contributed by atoms with Gasteiger partial charge in [-0.2, -0.15) is 0 Å². The summed E-state index contributed by atoms with van der Waals surface area (Å²) in [5, 5.41) is 2.78. The van der Waals surface area contributed by atoms with Crippen molar-refractivity contribution in [3.8, 4) is 0 Å². The second kappa shape index (κ2) is 9.55. The molecular formula is C24H22F2N4O2. The summed E-state index contributed by atoms with van der Waals surface area (Å²) in [5.41, 5.74) is 1.37. The van der Waals surface area contributed by atoms with Gasteiger partial charge in [0.25, 0.3) is 5.91 Å². The van der Waals surface area contributed by atoms with Gasteiger partial charge in [0, 0.05) is 26.2 Å². The van der Waals surface area contributed by atoms with Gasteiger partial charge < -0.3 is 15.1 Å². The van der Waals surface area contributed by atoms with Crippen LogP contribution in [-0.2, 0) is 11.2 Å². The normalized spacial score (nSPS) is 13.7. The Balaban J connectivity index is 1.30. The van der Waals surface area contributed by atoms with Gasteiger partial charge in [0.2, 0.25) is 5.91 Å². The Morgan fingerprint density at radius 3 is 2.28 bits per heavy atom. The topological polar surface area (TPSA) is 65.5 Å². The molecule has 164 valence electrons. The number of benzene rings is 2. The van der Waals surface area contributed by atoms with Gasteiger partial charge in [-0.1, -0.05) is 24.3 Å². The average molecular weight is 436 g/mol. The highest BCUT2D eigenvalue weighted by Crippen LogP contribution is 2.18. The second-order valence-electron chi connectivity index (χ2n) is 7.52. The Morgan fingerprint density at radius 1 is 0.906 bits per heavy atom. The van der Waals surface area contributed by atoms with Gasteiger partial charge in [-0.05, 0) is 42.0 Å². The van der Waals surface area contributed by atoms with E-state index in [9.17, 15) is 18.4 Å². The van der Waals surface area contributed by atoms with Crippen LogP contribution in [0.4, 0.5) is 20.3 Å². The monoisotopic (exact) mass is 436 g/mol. The number of amides is 2. The molecule has 1 aliphatic rings. The zero-order valence-corrected chi connectivity index (χ0v) is 17.3. The van der Waals surface area contributed by atoms with Crippen LogP contribution in [0.3, 0.4) is 0 Å². The van der Waals surface area contributed by atoms with Crippen LogP contribution in [0.1, 0.15) is 15.9 Å². The van der Waals surface area contributed by atoms with E-state index in [-0.39, 0.29) is 29.6 Å². The standard InChI is InChI=1S/C24H22F2N4O2/c25-18-7-5-17(6-8-18)15-23(31)28-19-9-10-22(27-16-19)29-11-13-30(14-12-29)24(32)20-3-1-2-4-21(20)26/h1-10,16H,11-15H2,(H,28,31). The summed E-state index contributed by atoms with van der Waals surface area (Å²) in [6, 6.07) is 15.4. The van der Waals surface area contributed by atoms with Crippen LogP contribution < -0.4 is 10.2 Å². The summed E-state index contributed by atoms with van der Waals surface area (Å²) in [6.07, 6.45) is 1.72. The summed E-state index contributed by atoms with van der Waals surface area (Å²) in [5.74, 6) is -0.647. The van der Waals surface area contributed by atoms with E-state index < -0.39 is 5.82 Å². The Hall–Kier alpha value is -3.81. The minimum Gasteiger partial charge on any atom is -0.353 e. The molecule has 0 saturated carbocycles. The van der Waals surface area contributed by atoms with Crippen LogP contribution in [0.25, 0.3) is 0 Å². The van der Waals surface area contributed by atoms with Gasteiger partial charge in [0.1, 0.15) is 17.5 Å². The number of aromatic nitrogens is 1. The molecule has 3 aromatic rings. The Bertz CT molecular complexity index is 1100. The molecule has 0 bridgehead atoms. The molecule has 0 atom stereocenters. The predicted octanol–water partition coefficient (Wildman–Crippen LogP) is 3.50. The summed E-state index contributed by atoms with van der Waals surface area (Å²) in [4.78, 5) is 32.8. The molecule has 2 heterocycles. The van der Waals surface area contributed by atoms with E-state index in [0.717, 1.165) is 11.4 Å². The number of anilines is 2. The third-order valence-corrected chi connectivity index (χ3v) is 5.30. The van der Waals surface area contributed by atoms with Crippen molar-refractivity contribution in [3.05, 3.63) is 89.6 Å². The Labute approximate surface area is 184 Å². The van der Waals surface area contributed by atoms with Crippen molar-refractivity contribution in [2.45, 2.75) is 6.42 Å². The molecule has 0 aliphatic carbocycles. The van der Waals surface area contributed by atoms with Gasteiger partial charge in [-0.15, -0.1) is 0 Å². The molecule has 8 heteroatoms. The van der Waals surface area contributed by atoms with Crippen molar-refractivity contribution in [2.75, 3.05) is 36.4 Å². The summed E-state index contributed by atoms with van der Waals surface area (Å²) in [7, 11) is 0. The van der Waals surface area contributed by atoms with Crippen LogP contribution in [0.2, 0.25) is 0 Å². The molecule has 1 aliphatic heterocycles. The van der Waals surface area contributed by atoms with Gasteiger partial charge in [0.05, 0.1) is 23.9 Å². The van der Waals surface area contributed by atoms with Crippen molar-refractivity contribution < 1.29 is 18.4 Å². The van der Waals surface area contributed by atoms with Crippen molar-refractivity contribution in [1.82, 2.24) is 9.88 Å². The smallest absolute Gasteiger partial charge is 0.256 e. The van der Waals surface area contributed by atoms with Gasteiger partial charge >= 0.3 is 0 Å². The highest BCUT2D eigenvalue weighted by atomic mass is 19.1. The molecule has 1 N–H and O–H groups in total. The number of carbonyl (C=O) groups excluding carboxylic acids is 2. The SMILES string of the molecule is O=C(Cc1ccc(F)cc1)Nc1ccc(N2CCN(C(=O)c3ccccc3F)CC2)nc1. The number of piperazine rings is 1. The first-order chi connectivity index (χ1) is 15.5. The van der Waals surface area contributed by atoms with Crippen molar-refractivity contribution >= 4 is 23.3 Å². The first-order valence-electron chi connectivity index (χ1n) is 10.3. The number of halogens is 2. The summed E-state index contributed by atoms with van der Waals surface area (Å²) < 4.78 is 26.9. The number of carbonyl (C=O) groups is 2. The number of nitrogens with zero attached hydrogens (tertiary/aromatic N) is 3. The van der Waals surface area contributed by atoms with E-state index in [1.54, 1.807) is 41.4 Å². The molecule has 1 aromatic heterocycles. The fraction of sp³-hybridized carbons (Fsp3) is 0.208. The fourth-order valence-electron chi connectivity index (χ4n) is 3.58. The van der Waals surface area contributed by atoms with Crippen molar-refractivity contribution in [3.63, 3.8) is 0 Å². The largest absolute Gasteiger partial charge is 0.353 e. The zero-order chi connectivity index (χ0) is 22.5.